The maximum absolute atomic E-state index is 11.7. The third kappa shape index (κ3) is 17.5. The van der Waals surface area contributed by atoms with Gasteiger partial charge in [0.1, 0.15) is 6.54 Å². The number of ether oxygens (including phenoxy) is 1. The second kappa shape index (κ2) is 19.1. The van der Waals surface area contributed by atoms with E-state index in [1.807, 2.05) is 0 Å². The van der Waals surface area contributed by atoms with E-state index in [1.54, 1.807) is 6.92 Å². The highest BCUT2D eigenvalue weighted by atomic mass is 16.5. The normalized spacial score (nSPS) is 10.9. The molecule has 5 heteroatoms. The lowest BCUT2D eigenvalue weighted by Gasteiger charge is -2.04. The molecule has 27 heavy (non-hydrogen) atoms. The van der Waals surface area contributed by atoms with Crippen molar-refractivity contribution in [3.63, 3.8) is 0 Å². The summed E-state index contributed by atoms with van der Waals surface area (Å²) in [7, 11) is 0. The van der Waals surface area contributed by atoms with Crippen LogP contribution in [0.25, 0.3) is 0 Å². The van der Waals surface area contributed by atoms with Gasteiger partial charge >= 0.3 is 5.97 Å². The minimum Gasteiger partial charge on any atom is -0.465 e. The Morgan fingerprint density at radius 3 is 1.93 bits per heavy atom. The van der Waals surface area contributed by atoms with Crippen molar-refractivity contribution in [2.45, 2.75) is 97.3 Å². The predicted molar refractivity (Wildman–Crippen MR) is 109 cm³/mol. The molecule has 0 aliphatic rings. The van der Waals surface area contributed by atoms with E-state index in [0.717, 1.165) is 25.7 Å². The molecule has 0 spiro atoms. The van der Waals surface area contributed by atoms with Gasteiger partial charge in [-0.3, -0.25) is 14.4 Å². The van der Waals surface area contributed by atoms with Crippen LogP contribution in [0.15, 0.2) is 12.2 Å². The summed E-state index contributed by atoms with van der Waals surface area (Å²) in [6, 6.07) is 0. The summed E-state index contributed by atoms with van der Waals surface area (Å²) in [5, 5.41) is 2.29. The molecule has 1 N–H and O–H groups in total. The summed E-state index contributed by atoms with van der Waals surface area (Å²) in [4.78, 5) is 34.3. The fraction of sp³-hybridized carbons (Fsp3) is 0.773. The molecule has 0 unspecified atom stereocenters. The number of esters is 1. The molecule has 0 saturated carbocycles. The van der Waals surface area contributed by atoms with E-state index >= 15 is 0 Å². The highest BCUT2D eigenvalue weighted by Gasteiger charge is 2.14. The third-order valence-corrected chi connectivity index (χ3v) is 4.37. The molecule has 0 aromatic heterocycles. The lowest BCUT2D eigenvalue weighted by atomic mass is 10.1. The van der Waals surface area contributed by atoms with Crippen LogP contribution >= 0.6 is 0 Å². The smallest absolute Gasteiger partial charge is 0.325 e. The van der Waals surface area contributed by atoms with Gasteiger partial charge in [0.05, 0.1) is 6.61 Å². The number of rotatable bonds is 18. The highest BCUT2D eigenvalue weighted by Crippen LogP contribution is 2.09. The minimum absolute atomic E-state index is 0.239. The molecule has 0 fully saturated rings. The van der Waals surface area contributed by atoms with Crippen LogP contribution in [0.1, 0.15) is 97.3 Å². The molecule has 0 atom stereocenters. The van der Waals surface area contributed by atoms with Crippen LogP contribution in [0.2, 0.25) is 0 Å². The van der Waals surface area contributed by atoms with E-state index in [-0.39, 0.29) is 19.6 Å². The fourth-order valence-corrected chi connectivity index (χ4v) is 2.76. The highest BCUT2D eigenvalue weighted by molar-refractivity contribution is 6.36. The standard InChI is InChI=1S/C22H39NO4/c1-3-5-6-7-8-9-10-11-12-13-14-15-16-17-18-20(24)22(26)23-19-21(25)27-4-2/h11-12H,3-10,13-19H2,1-2H3,(H,23,26)/b12-11+. The first kappa shape index (κ1) is 25.4. The number of hydrogen-bond acceptors (Lipinski definition) is 4. The zero-order valence-electron chi connectivity index (χ0n) is 17.4. The van der Waals surface area contributed by atoms with Crippen molar-refractivity contribution in [1.29, 1.82) is 0 Å². The van der Waals surface area contributed by atoms with Gasteiger partial charge in [0, 0.05) is 6.42 Å². The quantitative estimate of drug-likeness (QED) is 0.159. The van der Waals surface area contributed by atoms with Gasteiger partial charge < -0.3 is 10.1 Å². The van der Waals surface area contributed by atoms with E-state index in [1.165, 1.54) is 44.9 Å². The van der Waals surface area contributed by atoms with E-state index in [9.17, 15) is 14.4 Å². The lowest BCUT2D eigenvalue weighted by molar-refractivity contribution is -0.144. The number of nitrogens with one attached hydrogen (secondary N) is 1. The van der Waals surface area contributed by atoms with Crippen LogP contribution in [0.3, 0.4) is 0 Å². The summed E-state index contributed by atoms with van der Waals surface area (Å²) >= 11 is 0. The fourth-order valence-electron chi connectivity index (χ4n) is 2.76. The first-order chi connectivity index (χ1) is 13.1. The van der Waals surface area contributed by atoms with Crippen LogP contribution in [0.4, 0.5) is 0 Å². The summed E-state index contributed by atoms with van der Waals surface area (Å²) in [5.41, 5.74) is 0. The minimum atomic E-state index is -0.694. The zero-order chi connectivity index (χ0) is 20.2. The molecule has 0 aliphatic carbocycles. The Bertz CT molecular complexity index is 432. The average molecular weight is 382 g/mol. The van der Waals surface area contributed by atoms with Gasteiger partial charge in [-0.15, -0.1) is 0 Å². The monoisotopic (exact) mass is 381 g/mol. The molecule has 0 aromatic rings. The van der Waals surface area contributed by atoms with Crippen molar-refractivity contribution in [2.75, 3.05) is 13.2 Å². The maximum atomic E-state index is 11.7. The Morgan fingerprint density at radius 1 is 0.778 bits per heavy atom. The van der Waals surface area contributed by atoms with Crippen molar-refractivity contribution in [3.05, 3.63) is 12.2 Å². The van der Waals surface area contributed by atoms with E-state index < -0.39 is 17.7 Å². The van der Waals surface area contributed by atoms with Crippen LogP contribution in [-0.2, 0) is 19.1 Å². The van der Waals surface area contributed by atoms with Crippen LogP contribution in [-0.4, -0.2) is 30.8 Å². The van der Waals surface area contributed by atoms with Gasteiger partial charge in [-0.2, -0.15) is 0 Å². The second-order valence-electron chi connectivity index (χ2n) is 6.89. The molecule has 0 bridgehead atoms. The van der Waals surface area contributed by atoms with Gasteiger partial charge in [-0.05, 0) is 39.0 Å². The zero-order valence-corrected chi connectivity index (χ0v) is 17.4. The molecular weight excluding hydrogens is 342 g/mol. The molecule has 0 radical (unpaired) electrons. The SMILES string of the molecule is CCCCCCCC/C=C/CCCCCCC(=O)C(=O)NCC(=O)OCC. The number of unbranched alkanes of at least 4 members (excludes halogenated alkanes) is 10. The molecule has 0 aromatic carbocycles. The first-order valence-electron chi connectivity index (χ1n) is 10.7. The lowest BCUT2D eigenvalue weighted by Crippen LogP contribution is -2.35. The van der Waals surface area contributed by atoms with Crippen molar-refractivity contribution >= 4 is 17.7 Å². The largest absolute Gasteiger partial charge is 0.465 e. The van der Waals surface area contributed by atoms with E-state index in [0.29, 0.717) is 6.42 Å². The van der Waals surface area contributed by atoms with Gasteiger partial charge in [-0.25, -0.2) is 0 Å². The van der Waals surface area contributed by atoms with Crippen molar-refractivity contribution in [1.82, 2.24) is 5.32 Å². The molecule has 0 rings (SSSR count). The second-order valence-corrected chi connectivity index (χ2v) is 6.89. The number of amides is 1. The van der Waals surface area contributed by atoms with E-state index in [2.05, 4.69) is 29.1 Å². The Labute approximate surface area is 165 Å². The van der Waals surface area contributed by atoms with E-state index in [4.69, 9.17) is 0 Å². The van der Waals surface area contributed by atoms with Gasteiger partial charge in [0.2, 0.25) is 5.78 Å². The third-order valence-electron chi connectivity index (χ3n) is 4.37. The number of carbonyl (C=O) groups excluding carboxylic acids is 3. The summed E-state index contributed by atoms with van der Waals surface area (Å²) in [5.74, 6) is -1.68. The first-order valence-corrected chi connectivity index (χ1v) is 10.7. The van der Waals surface area contributed by atoms with Crippen molar-refractivity contribution in [3.8, 4) is 0 Å². The molecule has 0 saturated heterocycles. The van der Waals surface area contributed by atoms with Gasteiger partial charge in [0.15, 0.2) is 0 Å². The number of allylic oxidation sites excluding steroid dienone is 2. The molecule has 0 heterocycles. The maximum Gasteiger partial charge on any atom is 0.325 e. The summed E-state index contributed by atoms with van der Waals surface area (Å²) < 4.78 is 4.69. The Kier molecular flexibility index (Phi) is 18.0. The molecule has 0 aliphatic heterocycles. The average Bonchev–Trinajstić information content (AvgIpc) is 2.66. The molecule has 1 amide bonds. The van der Waals surface area contributed by atoms with Crippen molar-refractivity contribution in [2.24, 2.45) is 0 Å². The number of carbonyl (C=O) groups is 3. The molecular formula is C22H39NO4. The van der Waals surface area contributed by atoms with Crippen LogP contribution in [0, 0.1) is 0 Å². The Morgan fingerprint density at radius 2 is 1.33 bits per heavy atom. The Balaban J connectivity index is 3.44. The molecule has 156 valence electrons. The van der Waals surface area contributed by atoms with Crippen LogP contribution in [0.5, 0.6) is 0 Å². The summed E-state index contributed by atoms with van der Waals surface area (Å²) in [6.45, 7) is 3.95. The van der Waals surface area contributed by atoms with Crippen molar-refractivity contribution < 1.29 is 19.1 Å². The number of ketones is 1. The number of Topliss-reactive ketones (excluding diaryl/α,β-unsaturated/α-hetero) is 1. The van der Waals surface area contributed by atoms with Crippen LogP contribution < -0.4 is 5.32 Å². The predicted octanol–water partition coefficient (Wildman–Crippen LogP) is 4.88. The van der Waals surface area contributed by atoms with Gasteiger partial charge in [0.25, 0.3) is 5.91 Å². The summed E-state index contributed by atoms with van der Waals surface area (Å²) in [6.07, 6.45) is 18.9. The Hall–Kier alpha value is -1.65. The number of hydrogen-bond donors (Lipinski definition) is 1. The van der Waals surface area contributed by atoms with Gasteiger partial charge in [-0.1, -0.05) is 64.0 Å². The molecule has 5 nitrogen and oxygen atoms in total. The topological polar surface area (TPSA) is 72.5 Å².